The van der Waals surface area contributed by atoms with Gasteiger partial charge in [-0.25, -0.2) is 4.79 Å². The van der Waals surface area contributed by atoms with Gasteiger partial charge < -0.3 is 41.3 Å². The van der Waals surface area contributed by atoms with Gasteiger partial charge >= 0.3 is 5.97 Å². The molecule has 3 aliphatic rings. The molecule has 0 radical (unpaired) electrons. The van der Waals surface area contributed by atoms with Crippen LogP contribution in [-0.2, 0) is 23.9 Å². The van der Waals surface area contributed by atoms with Crippen LogP contribution in [0.1, 0.15) is 37.8 Å². The number of ether oxygens (including phenoxy) is 1. The second-order valence-electron chi connectivity index (χ2n) is 10.6. The zero-order valence-corrected chi connectivity index (χ0v) is 22.6. The largest absolute Gasteiger partial charge is 0.508 e. The lowest BCUT2D eigenvalue weighted by molar-refractivity contribution is -0.169. The highest BCUT2D eigenvalue weighted by Gasteiger charge is 2.68. The van der Waals surface area contributed by atoms with Crippen molar-refractivity contribution in [3.63, 3.8) is 0 Å². The van der Waals surface area contributed by atoms with Gasteiger partial charge in [0, 0.05) is 11.5 Å². The minimum Gasteiger partial charge on any atom is -0.508 e. The Bertz CT molecular complexity index is 1380. The first-order valence-electron chi connectivity index (χ1n) is 12.7. The molecular formula is C27H33N3O10. The third-order valence-electron chi connectivity index (χ3n) is 8.14. The van der Waals surface area contributed by atoms with E-state index in [4.69, 9.17) is 10.5 Å². The van der Waals surface area contributed by atoms with Crippen LogP contribution < -0.4 is 11.1 Å². The highest BCUT2D eigenvalue weighted by Crippen LogP contribution is 2.56. The number of nitrogens with two attached hydrogens (primary N) is 1. The summed E-state index contributed by atoms with van der Waals surface area (Å²) in [6.45, 7) is 4.91. The minimum atomic E-state index is -2.99. The van der Waals surface area contributed by atoms with E-state index in [9.17, 15) is 44.7 Å². The number of fused-ring (bicyclic) bond motifs is 3. The zero-order valence-electron chi connectivity index (χ0n) is 22.6. The highest BCUT2D eigenvalue weighted by molar-refractivity contribution is 6.24. The number of anilines is 1. The van der Waals surface area contributed by atoms with Crippen molar-refractivity contribution in [2.75, 3.05) is 26.0 Å². The summed E-state index contributed by atoms with van der Waals surface area (Å²) in [6.07, 6.45) is -1.68. The number of aliphatic hydroxyl groups excluding tert-OH is 3. The van der Waals surface area contributed by atoms with Crippen LogP contribution in [0, 0.1) is 11.8 Å². The Morgan fingerprint density at radius 1 is 1.20 bits per heavy atom. The van der Waals surface area contributed by atoms with Gasteiger partial charge in [0.05, 0.1) is 35.9 Å². The van der Waals surface area contributed by atoms with Gasteiger partial charge in [-0.1, -0.05) is 13.0 Å². The molecule has 1 amide bonds. The molecule has 40 heavy (non-hydrogen) atoms. The summed E-state index contributed by atoms with van der Waals surface area (Å²) in [6, 6.07) is 0.697. The number of amides is 1. The van der Waals surface area contributed by atoms with Crippen molar-refractivity contribution in [3.05, 3.63) is 40.2 Å². The fourth-order valence-electron chi connectivity index (χ4n) is 6.29. The monoisotopic (exact) mass is 559 g/mol. The van der Waals surface area contributed by atoms with Crippen LogP contribution in [0.5, 0.6) is 5.75 Å². The first-order chi connectivity index (χ1) is 18.6. The number of hydrogen-bond acceptors (Lipinski definition) is 12. The van der Waals surface area contributed by atoms with Crippen molar-refractivity contribution < 1.29 is 49.4 Å². The SMILES string of the molecule is CCOC(=O)C(C)Nc1ccc2c(c1O)C(O)=C1C(=O)C3(O)C(O)=C(C(N)=O)C(=O)C(N(C)C)C3C(O)C1C2C. The summed E-state index contributed by atoms with van der Waals surface area (Å²) in [4.78, 5) is 52.7. The predicted octanol–water partition coefficient (Wildman–Crippen LogP) is -0.141. The standard InChI is InChI=1S/C27H33N3O10/c1-6-40-26(38)10(3)29-12-8-7-11-9(2)13-15(20(32)14(11)19(12)31)23(35)27(39)17(21(13)33)18(30(4)5)22(34)16(24(27)36)25(28)37/h7-10,13,17-18,21,29,31-33,36,39H,6H2,1-5H3,(H2,28,37). The maximum absolute atomic E-state index is 14.0. The molecule has 216 valence electrons. The molecule has 7 atom stereocenters. The van der Waals surface area contributed by atoms with E-state index in [-0.39, 0.29) is 17.9 Å². The summed E-state index contributed by atoms with van der Waals surface area (Å²) in [5, 5.41) is 59.6. The topological polar surface area (TPSA) is 220 Å². The number of nitrogens with one attached hydrogen (secondary N) is 1. The number of esters is 1. The van der Waals surface area contributed by atoms with Crippen LogP contribution in [0.25, 0.3) is 5.76 Å². The number of hydrogen-bond donors (Lipinski definition) is 7. The van der Waals surface area contributed by atoms with E-state index in [0.29, 0.717) is 5.56 Å². The van der Waals surface area contributed by atoms with E-state index in [1.54, 1.807) is 19.9 Å². The Labute approximate surface area is 229 Å². The number of ketones is 2. The van der Waals surface area contributed by atoms with E-state index in [1.807, 2.05) is 0 Å². The lowest BCUT2D eigenvalue weighted by atomic mass is 9.54. The number of carbonyl (C=O) groups is 4. The molecule has 1 saturated carbocycles. The van der Waals surface area contributed by atoms with Gasteiger partial charge in [0.2, 0.25) is 5.78 Å². The van der Waals surface area contributed by atoms with E-state index < -0.39 is 93.4 Å². The third-order valence-corrected chi connectivity index (χ3v) is 8.14. The number of Topliss-reactive ketones (excluding diaryl/α,β-unsaturated/α-hetero) is 2. The van der Waals surface area contributed by atoms with E-state index in [0.717, 1.165) is 0 Å². The molecule has 0 aliphatic heterocycles. The van der Waals surface area contributed by atoms with Crippen LogP contribution in [-0.4, -0.2) is 98.4 Å². The molecular weight excluding hydrogens is 526 g/mol. The van der Waals surface area contributed by atoms with Crippen LogP contribution in [0.4, 0.5) is 5.69 Å². The lowest BCUT2D eigenvalue weighted by Gasteiger charge is -2.53. The van der Waals surface area contributed by atoms with Crippen molar-refractivity contribution in [1.29, 1.82) is 0 Å². The quantitative estimate of drug-likeness (QED) is 0.138. The Morgan fingerprint density at radius 3 is 2.38 bits per heavy atom. The molecule has 3 aliphatic carbocycles. The van der Waals surface area contributed by atoms with E-state index in [1.165, 1.54) is 32.0 Å². The molecule has 0 heterocycles. The van der Waals surface area contributed by atoms with Crippen molar-refractivity contribution in [1.82, 2.24) is 4.90 Å². The molecule has 1 fully saturated rings. The van der Waals surface area contributed by atoms with Crippen LogP contribution in [0.15, 0.2) is 29.0 Å². The highest BCUT2D eigenvalue weighted by atomic mass is 16.5. The van der Waals surface area contributed by atoms with Crippen LogP contribution in [0.3, 0.4) is 0 Å². The number of phenolic OH excluding ortho intramolecular Hbond substituents is 1. The Morgan fingerprint density at radius 2 is 1.82 bits per heavy atom. The number of likely N-dealkylation sites (N-methyl/N-ethyl adjacent to an activating group) is 1. The summed E-state index contributed by atoms with van der Waals surface area (Å²) in [5.41, 5.74) is 1.04. The van der Waals surface area contributed by atoms with Crippen molar-refractivity contribution >= 4 is 34.9 Å². The Hall–Kier alpha value is -3.94. The average Bonchev–Trinajstić information content (AvgIpc) is 2.87. The molecule has 0 bridgehead atoms. The summed E-state index contributed by atoms with van der Waals surface area (Å²) in [5.74, 6) is -10.3. The molecule has 13 heteroatoms. The summed E-state index contributed by atoms with van der Waals surface area (Å²) >= 11 is 0. The van der Waals surface area contributed by atoms with E-state index in [2.05, 4.69) is 5.32 Å². The first-order valence-corrected chi connectivity index (χ1v) is 12.7. The molecule has 0 spiro atoms. The fourth-order valence-corrected chi connectivity index (χ4v) is 6.29. The predicted molar refractivity (Wildman–Crippen MR) is 140 cm³/mol. The van der Waals surface area contributed by atoms with Gasteiger partial charge in [0.1, 0.15) is 28.9 Å². The number of rotatable bonds is 6. The van der Waals surface area contributed by atoms with E-state index >= 15 is 0 Å². The maximum Gasteiger partial charge on any atom is 0.328 e. The minimum absolute atomic E-state index is 0.0344. The number of phenols is 1. The van der Waals surface area contributed by atoms with Gasteiger partial charge in [0.25, 0.3) is 5.91 Å². The van der Waals surface area contributed by atoms with Gasteiger partial charge in [-0.15, -0.1) is 0 Å². The number of carbonyl (C=O) groups excluding carboxylic acids is 4. The maximum atomic E-state index is 14.0. The molecule has 8 N–H and O–H groups in total. The second-order valence-corrected chi connectivity index (χ2v) is 10.6. The van der Waals surface area contributed by atoms with Crippen LogP contribution >= 0.6 is 0 Å². The summed E-state index contributed by atoms with van der Waals surface area (Å²) in [7, 11) is 2.88. The van der Waals surface area contributed by atoms with Crippen LogP contribution in [0.2, 0.25) is 0 Å². The molecule has 1 aromatic rings. The van der Waals surface area contributed by atoms with Crippen molar-refractivity contribution in [2.45, 2.75) is 50.5 Å². The zero-order chi connectivity index (χ0) is 30.0. The van der Waals surface area contributed by atoms with Gasteiger partial charge in [-0.3, -0.25) is 19.3 Å². The second kappa shape index (κ2) is 9.91. The molecule has 7 unspecified atom stereocenters. The number of benzene rings is 1. The van der Waals surface area contributed by atoms with Gasteiger partial charge in [-0.2, -0.15) is 0 Å². The van der Waals surface area contributed by atoms with Crippen molar-refractivity contribution in [2.24, 2.45) is 17.6 Å². The fraction of sp³-hybridized carbons (Fsp3) is 0.481. The number of aliphatic hydroxyl groups is 4. The molecule has 4 rings (SSSR count). The average molecular weight is 560 g/mol. The summed E-state index contributed by atoms with van der Waals surface area (Å²) < 4.78 is 4.96. The molecule has 1 aromatic carbocycles. The molecule has 0 aromatic heterocycles. The number of primary amides is 1. The Balaban J connectivity index is 1.93. The van der Waals surface area contributed by atoms with Crippen molar-refractivity contribution in [3.8, 4) is 5.75 Å². The molecule has 0 saturated heterocycles. The molecule has 13 nitrogen and oxygen atoms in total. The smallest absolute Gasteiger partial charge is 0.328 e. The van der Waals surface area contributed by atoms with Gasteiger partial charge in [0.15, 0.2) is 11.4 Å². The number of aromatic hydroxyl groups is 1. The Kier molecular flexibility index (Phi) is 7.20. The lowest BCUT2D eigenvalue weighted by Crippen LogP contribution is -2.70. The third kappa shape index (κ3) is 3.87. The first kappa shape index (κ1) is 29.1. The number of nitrogens with zero attached hydrogens (tertiary/aromatic N) is 1. The van der Waals surface area contributed by atoms with Gasteiger partial charge in [-0.05, 0) is 45.5 Å². The normalized spacial score (nSPS) is 30.4.